The number of carbonyl (C=O) groups excluding carboxylic acids is 1. The number of aromatic nitrogens is 2. The van der Waals surface area contributed by atoms with Crippen LogP contribution in [0.4, 0.5) is 14.6 Å². The van der Waals surface area contributed by atoms with Gasteiger partial charge in [-0.25, -0.2) is 18.7 Å². The number of anilines is 1. The second-order valence-corrected chi connectivity index (χ2v) is 6.69. The van der Waals surface area contributed by atoms with Crippen LogP contribution in [0.2, 0.25) is 5.02 Å². The van der Waals surface area contributed by atoms with Gasteiger partial charge in [0.25, 0.3) is 5.91 Å². The van der Waals surface area contributed by atoms with Crippen molar-refractivity contribution in [1.82, 2.24) is 14.9 Å². The summed E-state index contributed by atoms with van der Waals surface area (Å²) in [6, 6.07) is 5.42. The maximum Gasteiger partial charge on any atom is 0.262 e. The second-order valence-electron chi connectivity index (χ2n) is 6.31. The van der Waals surface area contributed by atoms with E-state index < -0.39 is 22.8 Å². The summed E-state index contributed by atoms with van der Waals surface area (Å²) >= 11 is 5.71. The number of ether oxygens (including phenoxy) is 1. The quantitative estimate of drug-likeness (QED) is 0.668. The van der Waals surface area contributed by atoms with Crippen molar-refractivity contribution in [2.24, 2.45) is 0 Å². The van der Waals surface area contributed by atoms with Crippen molar-refractivity contribution in [2.75, 3.05) is 19.8 Å². The molecular weight excluding hydrogens is 390 g/mol. The predicted octanol–water partition coefficient (Wildman–Crippen LogP) is 3.67. The molecule has 1 aromatic heterocycles. The zero-order valence-electron chi connectivity index (χ0n) is 15.3. The lowest BCUT2D eigenvalue weighted by atomic mass is 10.0. The average molecular weight is 407 g/mol. The van der Waals surface area contributed by atoms with Crippen LogP contribution < -0.4 is 10.5 Å². The number of rotatable bonds is 4. The summed E-state index contributed by atoms with van der Waals surface area (Å²) in [5.74, 6) is -1.65. The van der Waals surface area contributed by atoms with Gasteiger partial charge in [0.05, 0.1) is 10.9 Å². The molecule has 9 heteroatoms. The number of likely N-dealkylation sites (N-methyl/N-ethyl adjacent to an activating group) is 1. The third-order valence-electron chi connectivity index (χ3n) is 4.20. The summed E-state index contributed by atoms with van der Waals surface area (Å²) in [5, 5.41) is -0.295. The van der Waals surface area contributed by atoms with Gasteiger partial charge < -0.3 is 15.4 Å². The fourth-order valence-electron chi connectivity index (χ4n) is 2.82. The zero-order valence-corrected chi connectivity index (χ0v) is 16.1. The minimum Gasteiger partial charge on any atom is -0.480 e. The van der Waals surface area contributed by atoms with E-state index in [1.807, 2.05) is 0 Å². The van der Waals surface area contributed by atoms with Crippen LogP contribution in [-0.2, 0) is 4.79 Å². The number of nitrogen functional groups attached to an aromatic ring is 1. The molecule has 2 aromatic carbocycles. The van der Waals surface area contributed by atoms with Crippen molar-refractivity contribution < 1.29 is 18.3 Å². The van der Waals surface area contributed by atoms with Crippen LogP contribution in [0, 0.1) is 11.6 Å². The lowest BCUT2D eigenvalue weighted by Crippen LogP contribution is -2.35. The highest BCUT2D eigenvalue weighted by Crippen LogP contribution is 2.38. The van der Waals surface area contributed by atoms with Gasteiger partial charge in [-0.1, -0.05) is 11.6 Å². The highest BCUT2D eigenvalue weighted by molar-refractivity contribution is 6.31. The summed E-state index contributed by atoms with van der Waals surface area (Å²) in [6.45, 7) is 1.60. The lowest BCUT2D eigenvalue weighted by molar-refractivity contribution is -0.135. The number of carbonyl (C=O) groups is 1. The number of benzene rings is 2. The highest BCUT2D eigenvalue weighted by atomic mass is 35.5. The largest absolute Gasteiger partial charge is 0.480 e. The summed E-state index contributed by atoms with van der Waals surface area (Å²) in [5.41, 5.74) is 6.68. The number of nitrogens with zero attached hydrogens (tertiary/aromatic N) is 3. The standard InChI is InChI=1S/C19H17ClF2N4O2/c1-9(19(27)26(2)3)28-13-7-5-11(17-14(13)18(23)25-8-24-17)10-4-6-12(21)15(20)16(10)22/h4-9H,1-3H3,(H2,23,24,25). The normalized spacial score (nSPS) is 12.1. The Hall–Kier alpha value is -3.00. The number of fused-ring (bicyclic) bond motifs is 1. The minimum absolute atomic E-state index is 0.0541. The maximum absolute atomic E-state index is 14.6. The molecule has 0 saturated carbocycles. The average Bonchev–Trinajstić information content (AvgIpc) is 2.66. The van der Waals surface area contributed by atoms with E-state index in [-0.39, 0.29) is 28.6 Å². The second kappa shape index (κ2) is 7.55. The summed E-state index contributed by atoms with van der Waals surface area (Å²) in [4.78, 5) is 21.7. The molecule has 1 unspecified atom stereocenters. The van der Waals surface area contributed by atoms with Crippen molar-refractivity contribution >= 4 is 34.2 Å². The Bertz CT molecular complexity index is 1080. The molecule has 0 spiro atoms. The van der Waals surface area contributed by atoms with Gasteiger partial charge in [-0.2, -0.15) is 0 Å². The lowest BCUT2D eigenvalue weighted by Gasteiger charge is -2.20. The zero-order chi connectivity index (χ0) is 20.6. The molecule has 0 bridgehead atoms. The molecule has 28 heavy (non-hydrogen) atoms. The number of halogens is 3. The molecule has 1 heterocycles. The van der Waals surface area contributed by atoms with Gasteiger partial charge in [0.1, 0.15) is 28.7 Å². The van der Waals surface area contributed by atoms with E-state index in [1.165, 1.54) is 23.4 Å². The highest BCUT2D eigenvalue weighted by Gasteiger charge is 2.22. The summed E-state index contributed by atoms with van der Waals surface area (Å²) in [6.07, 6.45) is 0.434. The number of hydrogen-bond donors (Lipinski definition) is 1. The predicted molar refractivity (Wildman–Crippen MR) is 103 cm³/mol. The van der Waals surface area contributed by atoms with E-state index >= 15 is 0 Å². The molecule has 0 fully saturated rings. The topological polar surface area (TPSA) is 81.3 Å². The molecule has 0 aliphatic heterocycles. The molecule has 0 aliphatic carbocycles. The molecule has 146 valence electrons. The summed E-state index contributed by atoms with van der Waals surface area (Å²) in [7, 11) is 3.23. The molecule has 3 aromatic rings. The molecule has 0 saturated heterocycles. The van der Waals surface area contributed by atoms with Crippen LogP contribution in [0.15, 0.2) is 30.6 Å². The summed E-state index contributed by atoms with van der Waals surface area (Å²) < 4.78 is 33.8. The third kappa shape index (κ3) is 3.43. The van der Waals surface area contributed by atoms with E-state index in [0.717, 1.165) is 6.07 Å². The number of hydrogen-bond acceptors (Lipinski definition) is 5. The SMILES string of the molecule is CC(Oc1ccc(-c2ccc(F)c(Cl)c2F)c2ncnc(N)c12)C(=O)N(C)C. The smallest absolute Gasteiger partial charge is 0.262 e. The third-order valence-corrected chi connectivity index (χ3v) is 4.54. The molecule has 1 atom stereocenters. The fraction of sp³-hybridized carbons (Fsp3) is 0.211. The van der Waals surface area contributed by atoms with Crippen molar-refractivity contribution in [3.63, 3.8) is 0 Å². The Morgan fingerprint density at radius 1 is 1.18 bits per heavy atom. The van der Waals surface area contributed by atoms with E-state index in [4.69, 9.17) is 22.1 Å². The molecule has 0 aliphatic rings. The van der Waals surface area contributed by atoms with Gasteiger partial charge in [0.15, 0.2) is 11.9 Å². The van der Waals surface area contributed by atoms with Crippen molar-refractivity contribution in [3.05, 3.63) is 47.2 Å². The van der Waals surface area contributed by atoms with E-state index in [1.54, 1.807) is 27.1 Å². The van der Waals surface area contributed by atoms with Gasteiger partial charge in [0.2, 0.25) is 0 Å². The van der Waals surface area contributed by atoms with Crippen molar-refractivity contribution in [3.8, 4) is 16.9 Å². The fourth-order valence-corrected chi connectivity index (χ4v) is 2.99. The van der Waals surface area contributed by atoms with Crippen LogP contribution in [0.3, 0.4) is 0 Å². The number of nitrogens with two attached hydrogens (primary N) is 1. The molecule has 6 nitrogen and oxygen atoms in total. The Morgan fingerprint density at radius 2 is 1.86 bits per heavy atom. The van der Waals surface area contributed by atoms with Gasteiger partial charge in [-0.3, -0.25) is 4.79 Å². The first-order chi connectivity index (χ1) is 13.2. The van der Waals surface area contributed by atoms with Crippen LogP contribution in [-0.4, -0.2) is 41.0 Å². The number of amides is 1. The van der Waals surface area contributed by atoms with Gasteiger partial charge in [-0.15, -0.1) is 0 Å². The van der Waals surface area contributed by atoms with E-state index in [2.05, 4.69) is 9.97 Å². The Kier molecular flexibility index (Phi) is 5.33. The van der Waals surface area contributed by atoms with E-state index in [0.29, 0.717) is 10.9 Å². The first-order valence-corrected chi connectivity index (χ1v) is 8.65. The van der Waals surface area contributed by atoms with Crippen molar-refractivity contribution in [1.29, 1.82) is 0 Å². The van der Waals surface area contributed by atoms with Gasteiger partial charge in [0, 0.05) is 25.2 Å². The van der Waals surface area contributed by atoms with E-state index in [9.17, 15) is 13.6 Å². The molecular formula is C19H17ClF2N4O2. The molecule has 1 amide bonds. The molecule has 3 rings (SSSR count). The molecule has 0 radical (unpaired) electrons. The van der Waals surface area contributed by atoms with Crippen LogP contribution >= 0.6 is 11.6 Å². The minimum atomic E-state index is -0.912. The Morgan fingerprint density at radius 3 is 2.54 bits per heavy atom. The maximum atomic E-state index is 14.6. The molecule has 2 N–H and O–H groups in total. The monoisotopic (exact) mass is 406 g/mol. The first-order valence-electron chi connectivity index (χ1n) is 8.27. The Balaban J connectivity index is 2.18. The van der Waals surface area contributed by atoms with Crippen molar-refractivity contribution in [2.45, 2.75) is 13.0 Å². The van der Waals surface area contributed by atoms with Gasteiger partial charge in [-0.05, 0) is 31.2 Å². The van der Waals surface area contributed by atoms with Gasteiger partial charge >= 0.3 is 0 Å². The van der Waals surface area contributed by atoms with Crippen LogP contribution in [0.1, 0.15) is 6.92 Å². The first kappa shape index (κ1) is 19.8. The van der Waals surface area contributed by atoms with Crippen LogP contribution in [0.25, 0.3) is 22.0 Å². The van der Waals surface area contributed by atoms with Crippen LogP contribution in [0.5, 0.6) is 5.75 Å². The Labute approximate surface area is 164 Å².